The van der Waals surface area contributed by atoms with E-state index in [2.05, 4.69) is 50.4 Å². The van der Waals surface area contributed by atoms with E-state index in [0.29, 0.717) is 18.1 Å². The maximum absolute atomic E-state index is 13.5. The summed E-state index contributed by atoms with van der Waals surface area (Å²) in [6, 6.07) is 24.1. The lowest BCUT2D eigenvalue weighted by Crippen LogP contribution is -2.43. The zero-order valence-corrected chi connectivity index (χ0v) is 18.5. The van der Waals surface area contributed by atoms with E-state index in [1.807, 2.05) is 53.4 Å². The van der Waals surface area contributed by atoms with Crippen molar-refractivity contribution in [1.82, 2.24) is 0 Å². The molecule has 31 heavy (non-hydrogen) atoms. The molecule has 3 aromatic carbocycles. The summed E-state index contributed by atoms with van der Waals surface area (Å²) < 4.78 is 5.73. The van der Waals surface area contributed by atoms with Gasteiger partial charge in [-0.1, -0.05) is 57.2 Å². The van der Waals surface area contributed by atoms with Crippen LogP contribution in [0.5, 0.6) is 5.75 Å². The Balaban J connectivity index is 1.71. The molecule has 3 aromatic rings. The van der Waals surface area contributed by atoms with Gasteiger partial charge in [-0.25, -0.2) is 0 Å². The molecule has 4 heteroatoms. The highest BCUT2D eigenvalue weighted by Crippen LogP contribution is 2.37. The van der Waals surface area contributed by atoms with E-state index < -0.39 is 0 Å². The van der Waals surface area contributed by atoms with Crippen molar-refractivity contribution < 1.29 is 9.53 Å². The Hall–Kier alpha value is -3.27. The first-order chi connectivity index (χ1) is 15.1. The van der Waals surface area contributed by atoms with Crippen LogP contribution in [0.25, 0.3) is 0 Å². The molecule has 4 nitrogen and oxygen atoms in total. The molecule has 0 aromatic heterocycles. The first-order valence-corrected chi connectivity index (χ1v) is 11.1. The normalized spacial score (nSPS) is 16.4. The largest absolute Gasteiger partial charge is 0.494 e. The van der Waals surface area contributed by atoms with Gasteiger partial charge < -0.3 is 10.1 Å². The van der Waals surface area contributed by atoms with E-state index in [4.69, 9.17) is 4.74 Å². The van der Waals surface area contributed by atoms with Crippen molar-refractivity contribution in [2.75, 3.05) is 16.8 Å². The van der Waals surface area contributed by atoms with Gasteiger partial charge in [0.2, 0.25) is 0 Å². The minimum atomic E-state index is -0.294. The Labute approximate surface area is 184 Å². The summed E-state index contributed by atoms with van der Waals surface area (Å²) in [4.78, 5) is 15.4. The van der Waals surface area contributed by atoms with E-state index in [1.165, 1.54) is 5.56 Å². The minimum Gasteiger partial charge on any atom is -0.494 e. The standard InChI is InChI=1S/C27H30N2O2/c1-4-18-31-23-16-12-21(13-17-23)26-28-25-9-7-6-8-24(25)27(30)29(26)22-14-10-20(11-15-22)19(3)5-2/h6-17,19,26,28H,4-5,18H2,1-3H3. The van der Waals surface area contributed by atoms with E-state index in [-0.39, 0.29) is 12.1 Å². The molecule has 0 radical (unpaired) electrons. The number of ether oxygens (including phenoxy) is 1. The average Bonchev–Trinajstić information content (AvgIpc) is 2.82. The highest BCUT2D eigenvalue weighted by Gasteiger charge is 2.34. The number of nitrogens with one attached hydrogen (secondary N) is 1. The highest BCUT2D eigenvalue weighted by molar-refractivity contribution is 6.12. The molecule has 1 aliphatic heterocycles. The first-order valence-electron chi connectivity index (χ1n) is 11.1. The van der Waals surface area contributed by atoms with Crippen LogP contribution in [0.4, 0.5) is 11.4 Å². The number of amides is 1. The van der Waals surface area contributed by atoms with Gasteiger partial charge in [0.25, 0.3) is 5.91 Å². The van der Waals surface area contributed by atoms with Crippen LogP contribution in [-0.2, 0) is 0 Å². The molecule has 2 unspecified atom stereocenters. The van der Waals surface area contributed by atoms with Crippen molar-refractivity contribution in [1.29, 1.82) is 0 Å². The van der Waals surface area contributed by atoms with E-state index in [1.54, 1.807) is 0 Å². The third-order valence-electron chi connectivity index (χ3n) is 5.95. The lowest BCUT2D eigenvalue weighted by Gasteiger charge is -2.38. The third-order valence-corrected chi connectivity index (χ3v) is 5.95. The molecule has 0 aliphatic carbocycles. The van der Waals surface area contributed by atoms with Crippen molar-refractivity contribution in [3.63, 3.8) is 0 Å². The maximum atomic E-state index is 13.5. The number of carbonyl (C=O) groups is 1. The zero-order chi connectivity index (χ0) is 21.8. The highest BCUT2D eigenvalue weighted by atomic mass is 16.5. The molecular formula is C27H30N2O2. The second-order valence-corrected chi connectivity index (χ2v) is 8.09. The molecule has 4 rings (SSSR count). The van der Waals surface area contributed by atoms with Gasteiger partial charge in [0.05, 0.1) is 12.2 Å². The fraction of sp³-hybridized carbons (Fsp3) is 0.296. The summed E-state index contributed by atoms with van der Waals surface area (Å²) in [6.07, 6.45) is 1.76. The maximum Gasteiger partial charge on any atom is 0.262 e. The van der Waals surface area contributed by atoms with E-state index in [9.17, 15) is 4.79 Å². The number of hydrogen-bond acceptors (Lipinski definition) is 3. The summed E-state index contributed by atoms with van der Waals surface area (Å²) in [7, 11) is 0. The van der Waals surface area contributed by atoms with Crippen molar-refractivity contribution in [3.05, 3.63) is 89.5 Å². The van der Waals surface area contributed by atoms with Gasteiger partial charge in [-0.05, 0) is 66.3 Å². The fourth-order valence-electron chi connectivity index (χ4n) is 3.92. The van der Waals surface area contributed by atoms with Crippen LogP contribution < -0.4 is 15.0 Å². The number of hydrogen-bond donors (Lipinski definition) is 1. The van der Waals surface area contributed by atoms with Gasteiger partial charge in [0.15, 0.2) is 0 Å². The Morgan fingerprint density at radius 3 is 2.35 bits per heavy atom. The van der Waals surface area contributed by atoms with Crippen molar-refractivity contribution in [2.24, 2.45) is 0 Å². The van der Waals surface area contributed by atoms with Gasteiger partial charge in [-0.3, -0.25) is 9.69 Å². The Morgan fingerprint density at radius 1 is 0.968 bits per heavy atom. The second kappa shape index (κ2) is 9.25. The molecule has 160 valence electrons. The van der Waals surface area contributed by atoms with Crippen LogP contribution in [0.3, 0.4) is 0 Å². The third kappa shape index (κ3) is 4.29. The SMILES string of the molecule is CCCOc1ccc(C2Nc3ccccc3C(=O)N2c2ccc(C(C)CC)cc2)cc1. The molecule has 2 atom stereocenters. The van der Waals surface area contributed by atoms with E-state index in [0.717, 1.165) is 35.5 Å². The molecule has 0 fully saturated rings. The predicted octanol–water partition coefficient (Wildman–Crippen LogP) is 6.76. The Kier molecular flexibility index (Phi) is 6.26. The lowest BCUT2D eigenvalue weighted by molar-refractivity contribution is 0.0975. The van der Waals surface area contributed by atoms with Gasteiger partial charge in [0.1, 0.15) is 11.9 Å². The minimum absolute atomic E-state index is 0.00181. The molecule has 0 bridgehead atoms. The quantitative estimate of drug-likeness (QED) is 0.464. The summed E-state index contributed by atoms with van der Waals surface area (Å²) in [5.41, 5.74) is 4.73. The Bertz CT molecular complexity index is 1030. The second-order valence-electron chi connectivity index (χ2n) is 8.09. The molecule has 0 spiro atoms. The summed E-state index contributed by atoms with van der Waals surface area (Å²) in [5, 5.41) is 3.57. The Morgan fingerprint density at radius 2 is 1.68 bits per heavy atom. The molecule has 1 aliphatic rings. The average molecular weight is 415 g/mol. The molecule has 0 saturated carbocycles. The van der Waals surface area contributed by atoms with E-state index >= 15 is 0 Å². The summed E-state index contributed by atoms with van der Waals surface area (Å²) in [5.74, 6) is 1.34. The zero-order valence-electron chi connectivity index (χ0n) is 18.5. The van der Waals surface area contributed by atoms with Crippen LogP contribution in [0, 0.1) is 0 Å². The fourth-order valence-corrected chi connectivity index (χ4v) is 3.92. The van der Waals surface area contributed by atoms with Gasteiger partial charge >= 0.3 is 0 Å². The molecular weight excluding hydrogens is 384 g/mol. The number of benzene rings is 3. The molecule has 1 amide bonds. The summed E-state index contributed by atoms with van der Waals surface area (Å²) in [6.45, 7) is 7.21. The molecule has 1 N–H and O–H groups in total. The van der Waals surface area contributed by atoms with Crippen LogP contribution >= 0.6 is 0 Å². The number of anilines is 2. The topological polar surface area (TPSA) is 41.6 Å². The molecule has 0 saturated heterocycles. The van der Waals surface area contributed by atoms with Crippen LogP contribution in [-0.4, -0.2) is 12.5 Å². The number of para-hydroxylation sites is 1. The van der Waals surface area contributed by atoms with Crippen molar-refractivity contribution in [3.8, 4) is 5.75 Å². The lowest BCUT2D eigenvalue weighted by atomic mass is 9.97. The van der Waals surface area contributed by atoms with Gasteiger partial charge in [-0.2, -0.15) is 0 Å². The van der Waals surface area contributed by atoms with Gasteiger partial charge in [0, 0.05) is 11.4 Å². The van der Waals surface area contributed by atoms with Gasteiger partial charge in [-0.15, -0.1) is 0 Å². The first kappa shape index (κ1) is 21.0. The predicted molar refractivity (Wildman–Crippen MR) is 127 cm³/mol. The number of carbonyl (C=O) groups excluding carboxylic acids is 1. The van der Waals surface area contributed by atoms with Crippen LogP contribution in [0.1, 0.15) is 67.2 Å². The monoisotopic (exact) mass is 414 g/mol. The number of rotatable bonds is 7. The smallest absolute Gasteiger partial charge is 0.262 e. The molecule has 1 heterocycles. The van der Waals surface area contributed by atoms with Crippen molar-refractivity contribution >= 4 is 17.3 Å². The summed E-state index contributed by atoms with van der Waals surface area (Å²) >= 11 is 0. The van der Waals surface area contributed by atoms with Crippen LogP contribution in [0.15, 0.2) is 72.8 Å². The number of fused-ring (bicyclic) bond motifs is 1. The number of nitrogens with zero attached hydrogens (tertiary/aromatic N) is 1. The van der Waals surface area contributed by atoms with Crippen LogP contribution in [0.2, 0.25) is 0 Å². The van der Waals surface area contributed by atoms with Crippen molar-refractivity contribution in [2.45, 2.75) is 45.7 Å².